The normalized spacial score (nSPS) is 12.3. The Morgan fingerprint density at radius 2 is 1.63 bits per heavy atom. The molecular formula is C29H28F3N3O6S2. The molecule has 43 heavy (non-hydrogen) atoms. The molecule has 228 valence electrons. The van der Waals surface area contributed by atoms with Gasteiger partial charge in [-0.3, -0.25) is 9.48 Å². The van der Waals surface area contributed by atoms with Gasteiger partial charge in [0.25, 0.3) is 17.7 Å². The first kappa shape index (κ1) is 31.8. The van der Waals surface area contributed by atoms with E-state index in [0.29, 0.717) is 27.9 Å². The number of anilines is 1. The summed E-state index contributed by atoms with van der Waals surface area (Å²) in [7, 11) is -8.93. The second kappa shape index (κ2) is 12.2. The Hall–Kier alpha value is -4.17. The smallest absolute Gasteiger partial charge is 0.405 e. The van der Waals surface area contributed by atoms with Crippen LogP contribution in [-0.2, 0) is 29.0 Å². The van der Waals surface area contributed by atoms with Gasteiger partial charge in [-0.2, -0.15) is 5.10 Å². The first-order chi connectivity index (χ1) is 20.1. The molecule has 1 heterocycles. The van der Waals surface area contributed by atoms with Gasteiger partial charge < -0.3 is 10.1 Å². The number of nitrogens with one attached hydrogen (secondary N) is 1. The Morgan fingerprint density at radius 1 is 0.953 bits per heavy atom. The maximum absolute atomic E-state index is 13.1. The van der Waals surface area contributed by atoms with Gasteiger partial charge in [0.1, 0.15) is 5.75 Å². The molecule has 0 atom stereocenters. The number of ether oxygens (including phenoxy) is 1. The fourth-order valence-corrected chi connectivity index (χ4v) is 7.44. The number of hydrogen-bond donors (Lipinski definition) is 1. The van der Waals surface area contributed by atoms with Gasteiger partial charge in [-0.05, 0) is 60.9 Å². The van der Waals surface area contributed by atoms with Crippen LogP contribution in [0.5, 0.6) is 5.75 Å². The number of carbonyl (C=O) groups excluding carboxylic acids is 1. The van der Waals surface area contributed by atoms with E-state index in [4.69, 9.17) is 0 Å². The third-order valence-corrected chi connectivity index (χ3v) is 11.9. The summed E-state index contributed by atoms with van der Waals surface area (Å²) in [5.74, 6) is -1.42. The number of rotatable bonds is 10. The highest BCUT2D eigenvalue weighted by molar-refractivity contribution is 8.67. The molecule has 3 aromatic carbocycles. The number of benzene rings is 3. The van der Waals surface area contributed by atoms with Gasteiger partial charge in [0.05, 0.1) is 23.3 Å². The summed E-state index contributed by atoms with van der Waals surface area (Å²) in [6.45, 7) is 5.08. The third kappa shape index (κ3) is 7.25. The molecule has 9 nitrogen and oxygen atoms in total. The second-order valence-corrected chi connectivity index (χ2v) is 15.7. The minimum atomic E-state index is -4.90. The SMILES string of the molecule is CCS(=O)(=O)S(=O)(=O)c1ccc(CC(=O)Nc2ccc(-c3ccccc3OC(F)(F)F)c(-c3cnn(C(C)C)c3)c2)cc1. The van der Waals surface area contributed by atoms with Crippen LogP contribution in [0.3, 0.4) is 0 Å². The van der Waals surface area contributed by atoms with Crippen molar-refractivity contribution in [1.29, 1.82) is 0 Å². The average Bonchev–Trinajstić information content (AvgIpc) is 3.44. The zero-order chi connectivity index (χ0) is 31.6. The van der Waals surface area contributed by atoms with Crippen molar-refractivity contribution in [3.8, 4) is 28.0 Å². The molecule has 0 saturated carbocycles. The molecule has 1 amide bonds. The van der Waals surface area contributed by atoms with Crippen molar-refractivity contribution in [2.24, 2.45) is 0 Å². The summed E-state index contributed by atoms with van der Waals surface area (Å²) in [5.41, 5.74) is 2.47. The monoisotopic (exact) mass is 635 g/mol. The van der Waals surface area contributed by atoms with Gasteiger partial charge in [0.15, 0.2) is 0 Å². The van der Waals surface area contributed by atoms with Gasteiger partial charge in [-0.15, -0.1) is 13.2 Å². The molecule has 0 unspecified atom stereocenters. The number of amides is 1. The molecule has 1 aromatic heterocycles. The number of halogens is 3. The van der Waals surface area contributed by atoms with Gasteiger partial charge in [0.2, 0.25) is 5.91 Å². The fourth-order valence-electron chi connectivity index (χ4n) is 4.22. The van der Waals surface area contributed by atoms with Crippen LogP contribution in [-0.4, -0.2) is 44.6 Å². The van der Waals surface area contributed by atoms with Crippen LogP contribution in [0.1, 0.15) is 32.4 Å². The number of carbonyl (C=O) groups is 1. The van der Waals surface area contributed by atoms with Crippen molar-refractivity contribution in [3.05, 3.63) is 84.7 Å². The van der Waals surface area contributed by atoms with Crippen LogP contribution in [0.25, 0.3) is 22.3 Å². The highest BCUT2D eigenvalue weighted by atomic mass is 33.2. The Labute approximate surface area is 246 Å². The molecule has 0 saturated heterocycles. The third-order valence-electron chi connectivity index (χ3n) is 6.41. The first-order valence-electron chi connectivity index (χ1n) is 13.0. The van der Waals surface area contributed by atoms with E-state index >= 15 is 0 Å². The summed E-state index contributed by atoms with van der Waals surface area (Å²) < 4.78 is 93.9. The van der Waals surface area contributed by atoms with E-state index in [2.05, 4.69) is 15.2 Å². The molecular weight excluding hydrogens is 607 g/mol. The Balaban J connectivity index is 1.64. The van der Waals surface area contributed by atoms with Crippen LogP contribution in [0.4, 0.5) is 18.9 Å². The molecule has 4 aromatic rings. The largest absolute Gasteiger partial charge is 0.573 e. The summed E-state index contributed by atoms with van der Waals surface area (Å²) in [4.78, 5) is 12.5. The molecule has 0 aliphatic heterocycles. The molecule has 0 bridgehead atoms. The highest BCUT2D eigenvalue weighted by Gasteiger charge is 2.32. The van der Waals surface area contributed by atoms with Crippen LogP contribution in [0.15, 0.2) is 84.0 Å². The minimum Gasteiger partial charge on any atom is -0.405 e. The van der Waals surface area contributed by atoms with Gasteiger partial charge in [-0.25, -0.2) is 16.8 Å². The topological polar surface area (TPSA) is 124 Å². The van der Waals surface area contributed by atoms with Gasteiger partial charge >= 0.3 is 6.36 Å². The predicted molar refractivity (Wildman–Crippen MR) is 156 cm³/mol. The summed E-state index contributed by atoms with van der Waals surface area (Å²) in [6, 6.07) is 15.4. The first-order valence-corrected chi connectivity index (χ1v) is 16.7. The molecule has 0 aliphatic rings. The molecule has 1 N–H and O–H groups in total. The van der Waals surface area contributed by atoms with Crippen molar-refractivity contribution < 1.29 is 39.5 Å². The van der Waals surface area contributed by atoms with Gasteiger partial charge in [0, 0.05) is 29.1 Å². The number of nitrogens with zero attached hydrogens (tertiary/aromatic N) is 2. The standard InChI is InChI=1S/C29H28F3N3O6S2/c1-4-42(37,38)43(39,40)23-12-9-20(10-13-23)15-28(36)34-22-11-14-24(25-7-5-6-8-27(25)41-29(30,31)32)26(16-22)21-17-33-35(18-21)19(2)3/h5-14,16-19H,4,15H2,1-3H3,(H,34,36). The maximum Gasteiger partial charge on any atom is 0.573 e. The van der Waals surface area contributed by atoms with E-state index < -0.39 is 40.7 Å². The number of para-hydroxylation sites is 1. The van der Waals surface area contributed by atoms with E-state index in [-0.39, 0.29) is 23.8 Å². The lowest BCUT2D eigenvalue weighted by molar-refractivity contribution is -0.274. The summed E-state index contributed by atoms with van der Waals surface area (Å²) in [6.07, 6.45) is -1.74. The molecule has 4 rings (SSSR count). The summed E-state index contributed by atoms with van der Waals surface area (Å²) in [5, 5.41) is 7.09. The van der Waals surface area contributed by atoms with Crippen molar-refractivity contribution in [2.75, 3.05) is 11.1 Å². The Morgan fingerprint density at radius 3 is 2.23 bits per heavy atom. The van der Waals surface area contributed by atoms with Gasteiger partial charge in [-0.1, -0.05) is 43.3 Å². The Kier molecular flexibility index (Phi) is 9.02. The predicted octanol–water partition coefficient (Wildman–Crippen LogP) is 6.00. The zero-order valence-corrected chi connectivity index (χ0v) is 24.9. The van der Waals surface area contributed by atoms with E-state index in [1.165, 1.54) is 37.3 Å². The number of hydrogen-bond acceptors (Lipinski definition) is 7. The maximum atomic E-state index is 13.1. The van der Waals surface area contributed by atoms with Crippen LogP contribution in [0.2, 0.25) is 0 Å². The minimum absolute atomic E-state index is 0.0180. The van der Waals surface area contributed by atoms with Crippen molar-refractivity contribution in [3.63, 3.8) is 0 Å². The lowest BCUT2D eigenvalue weighted by Crippen LogP contribution is -2.18. The average molecular weight is 636 g/mol. The van der Waals surface area contributed by atoms with E-state index in [0.717, 1.165) is 12.1 Å². The molecule has 0 aliphatic carbocycles. The van der Waals surface area contributed by atoms with Crippen molar-refractivity contribution in [1.82, 2.24) is 9.78 Å². The molecule has 14 heteroatoms. The molecule has 0 spiro atoms. The molecule has 0 fully saturated rings. The van der Waals surface area contributed by atoms with E-state index in [1.807, 2.05) is 13.8 Å². The number of aromatic nitrogens is 2. The lowest BCUT2D eigenvalue weighted by atomic mass is 9.95. The zero-order valence-electron chi connectivity index (χ0n) is 23.3. The van der Waals surface area contributed by atoms with Crippen LogP contribution in [0, 0.1) is 0 Å². The number of alkyl halides is 3. The van der Waals surface area contributed by atoms with E-state index in [1.54, 1.807) is 41.3 Å². The van der Waals surface area contributed by atoms with Crippen LogP contribution >= 0.6 is 0 Å². The van der Waals surface area contributed by atoms with Crippen LogP contribution < -0.4 is 10.1 Å². The van der Waals surface area contributed by atoms with E-state index in [9.17, 15) is 34.8 Å². The van der Waals surface area contributed by atoms with Crippen molar-refractivity contribution in [2.45, 2.75) is 44.5 Å². The summed E-state index contributed by atoms with van der Waals surface area (Å²) >= 11 is 0. The Bertz CT molecular complexity index is 1850. The fraction of sp³-hybridized carbons (Fsp3) is 0.241. The quantitative estimate of drug-likeness (QED) is 0.212. The second-order valence-electron chi connectivity index (χ2n) is 9.78. The molecule has 0 radical (unpaired) electrons. The lowest BCUT2D eigenvalue weighted by Gasteiger charge is -2.17. The van der Waals surface area contributed by atoms with Crippen molar-refractivity contribution >= 4 is 29.3 Å². The highest BCUT2D eigenvalue weighted by Crippen LogP contribution is 2.40.